The fourth-order valence-electron chi connectivity index (χ4n) is 3.09. The first-order chi connectivity index (χ1) is 11.0. The third kappa shape index (κ3) is 3.77. The van der Waals surface area contributed by atoms with Gasteiger partial charge < -0.3 is 5.11 Å². The number of hydrogen-bond donors (Lipinski definition) is 1. The van der Waals surface area contributed by atoms with Gasteiger partial charge in [-0.25, -0.2) is 0 Å². The summed E-state index contributed by atoms with van der Waals surface area (Å²) >= 11 is 1.81. The Kier molecular flexibility index (Phi) is 4.74. The molecule has 0 unspecified atom stereocenters. The first kappa shape index (κ1) is 16.1. The largest absolute Gasteiger partial charge is 0.390 e. The van der Waals surface area contributed by atoms with Crippen LogP contribution in [0.4, 0.5) is 5.69 Å². The maximum Gasteiger partial charge on any atom is 0.306 e. The van der Waals surface area contributed by atoms with E-state index < -0.39 is 11.0 Å². The van der Waals surface area contributed by atoms with Crippen LogP contribution in [0.15, 0.2) is 24.5 Å². The van der Waals surface area contributed by atoms with Crippen molar-refractivity contribution in [3.05, 3.63) is 44.4 Å². The molecule has 0 saturated carbocycles. The minimum Gasteiger partial charge on any atom is -0.390 e. The second-order valence-corrected chi connectivity index (χ2v) is 7.25. The van der Waals surface area contributed by atoms with E-state index in [-0.39, 0.29) is 12.2 Å². The number of likely N-dealkylation sites (tertiary alicyclic amines) is 1. The Morgan fingerprint density at radius 1 is 1.52 bits per heavy atom. The first-order valence-corrected chi connectivity index (χ1v) is 8.50. The Labute approximate surface area is 138 Å². The zero-order valence-corrected chi connectivity index (χ0v) is 13.8. The van der Waals surface area contributed by atoms with Gasteiger partial charge in [0.15, 0.2) is 0 Å². The Morgan fingerprint density at radius 2 is 2.35 bits per heavy atom. The van der Waals surface area contributed by atoms with E-state index in [0.717, 1.165) is 19.4 Å². The van der Waals surface area contributed by atoms with Crippen LogP contribution in [0.2, 0.25) is 0 Å². The Morgan fingerprint density at radius 3 is 3.00 bits per heavy atom. The topological polar surface area (TPSA) is 84.4 Å². The summed E-state index contributed by atoms with van der Waals surface area (Å²) in [5.74, 6) is 0. The predicted octanol–water partition coefficient (Wildman–Crippen LogP) is 2.36. The first-order valence-electron chi connectivity index (χ1n) is 7.68. The van der Waals surface area contributed by atoms with Crippen molar-refractivity contribution in [3.8, 4) is 0 Å². The van der Waals surface area contributed by atoms with Crippen molar-refractivity contribution in [2.75, 3.05) is 13.1 Å². The summed E-state index contributed by atoms with van der Waals surface area (Å²) in [4.78, 5) is 15.1. The lowest BCUT2D eigenvalue weighted by Crippen LogP contribution is -2.34. The van der Waals surface area contributed by atoms with Gasteiger partial charge in [-0.15, -0.1) is 11.3 Å². The van der Waals surface area contributed by atoms with Crippen molar-refractivity contribution in [3.63, 3.8) is 0 Å². The van der Waals surface area contributed by atoms with Crippen molar-refractivity contribution in [2.45, 2.75) is 38.5 Å². The highest BCUT2D eigenvalue weighted by molar-refractivity contribution is 7.12. The molecule has 0 amide bonds. The highest BCUT2D eigenvalue weighted by Gasteiger charge is 2.28. The van der Waals surface area contributed by atoms with Crippen LogP contribution in [0, 0.1) is 17.0 Å². The van der Waals surface area contributed by atoms with Crippen molar-refractivity contribution in [1.82, 2.24) is 14.7 Å². The smallest absolute Gasteiger partial charge is 0.306 e. The van der Waals surface area contributed by atoms with Crippen LogP contribution >= 0.6 is 11.3 Å². The molecular formula is C15H20N4O3S. The van der Waals surface area contributed by atoms with E-state index in [9.17, 15) is 15.2 Å². The predicted molar refractivity (Wildman–Crippen MR) is 87.5 cm³/mol. The van der Waals surface area contributed by atoms with E-state index in [4.69, 9.17) is 0 Å². The molecule has 124 valence electrons. The second kappa shape index (κ2) is 6.77. The maximum absolute atomic E-state index is 10.7. The molecule has 3 rings (SSSR count). The van der Waals surface area contributed by atoms with E-state index in [2.05, 4.69) is 29.1 Å². The number of thiophene rings is 1. The van der Waals surface area contributed by atoms with Crippen molar-refractivity contribution in [1.29, 1.82) is 0 Å². The zero-order valence-electron chi connectivity index (χ0n) is 13.0. The molecular weight excluding hydrogens is 316 g/mol. The fraction of sp³-hybridized carbons (Fsp3) is 0.533. The van der Waals surface area contributed by atoms with Gasteiger partial charge in [0.25, 0.3) is 0 Å². The molecule has 2 atom stereocenters. The quantitative estimate of drug-likeness (QED) is 0.646. The van der Waals surface area contributed by atoms with Gasteiger partial charge in [-0.1, -0.05) is 0 Å². The van der Waals surface area contributed by atoms with Gasteiger partial charge in [0, 0.05) is 22.3 Å². The molecule has 0 aliphatic carbocycles. The summed E-state index contributed by atoms with van der Waals surface area (Å²) < 4.78 is 1.43. The molecule has 0 spiro atoms. The van der Waals surface area contributed by atoms with Crippen LogP contribution in [0.3, 0.4) is 0 Å². The van der Waals surface area contributed by atoms with Gasteiger partial charge in [-0.2, -0.15) is 5.10 Å². The lowest BCUT2D eigenvalue weighted by atomic mass is 10.2. The van der Waals surface area contributed by atoms with Crippen LogP contribution in [0.25, 0.3) is 0 Å². The number of aryl methyl sites for hydroxylation is 1. The number of rotatable bonds is 6. The molecule has 1 saturated heterocycles. The molecule has 2 aromatic rings. The van der Waals surface area contributed by atoms with Gasteiger partial charge in [0.1, 0.15) is 12.4 Å². The summed E-state index contributed by atoms with van der Waals surface area (Å²) in [7, 11) is 0. The van der Waals surface area contributed by atoms with Crippen LogP contribution in [-0.2, 0) is 6.54 Å². The minimum atomic E-state index is -0.601. The number of hydrogen-bond acceptors (Lipinski definition) is 6. The lowest BCUT2D eigenvalue weighted by molar-refractivity contribution is -0.385. The average molecular weight is 336 g/mol. The summed E-state index contributed by atoms with van der Waals surface area (Å²) in [5.41, 5.74) is -0.0506. The number of aromatic nitrogens is 2. The summed E-state index contributed by atoms with van der Waals surface area (Å²) in [5, 5.41) is 24.9. The van der Waals surface area contributed by atoms with Crippen molar-refractivity contribution in [2.24, 2.45) is 0 Å². The van der Waals surface area contributed by atoms with Crippen molar-refractivity contribution < 1.29 is 10.0 Å². The third-order valence-corrected chi connectivity index (χ3v) is 5.23. The highest BCUT2D eigenvalue weighted by Crippen LogP contribution is 2.35. The molecule has 7 nitrogen and oxygen atoms in total. The second-order valence-electron chi connectivity index (χ2n) is 5.93. The number of aliphatic hydroxyl groups is 1. The van der Waals surface area contributed by atoms with Crippen LogP contribution in [-0.4, -0.2) is 43.9 Å². The summed E-state index contributed by atoms with van der Waals surface area (Å²) in [6.07, 6.45) is 4.20. The minimum absolute atomic E-state index is 0.0506. The van der Waals surface area contributed by atoms with Crippen LogP contribution in [0.1, 0.15) is 28.6 Å². The number of aliphatic hydroxyl groups excluding tert-OH is 1. The van der Waals surface area contributed by atoms with Gasteiger partial charge in [-0.05, 0) is 38.4 Å². The fourth-order valence-corrected chi connectivity index (χ4v) is 4.14. The molecule has 8 heteroatoms. The molecule has 3 heterocycles. The molecule has 0 bridgehead atoms. The van der Waals surface area contributed by atoms with E-state index >= 15 is 0 Å². The molecule has 1 fully saturated rings. The van der Waals surface area contributed by atoms with Gasteiger partial charge in [0.05, 0.1) is 17.6 Å². The summed E-state index contributed by atoms with van der Waals surface area (Å²) in [6.45, 7) is 3.89. The molecule has 23 heavy (non-hydrogen) atoms. The van der Waals surface area contributed by atoms with Gasteiger partial charge in [-0.3, -0.25) is 19.7 Å². The third-order valence-electron chi connectivity index (χ3n) is 4.13. The van der Waals surface area contributed by atoms with E-state index in [1.54, 1.807) is 0 Å². The summed E-state index contributed by atoms with van der Waals surface area (Å²) in [6, 6.07) is 4.68. The van der Waals surface area contributed by atoms with E-state index in [0.29, 0.717) is 12.6 Å². The number of nitrogens with zero attached hydrogens (tertiary/aromatic N) is 4. The molecule has 0 aromatic carbocycles. The van der Waals surface area contributed by atoms with E-state index in [1.165, 1.54) is 26.8 Å². The molecule has 0 radical (unpaired) electrons. The zero-order chi connectivity index (χ0) is 16.4. The van der Waals surface area contributed by atoms with E-state index in [1.807, 2.05) is 11.3 Å². The standard InChI is InChI=1S/C15H20N4O3S/c1-11-4-5-15(23-11)14-3-2-6-17(14)9-13(20)10-18-8-12(7-16-18)19(21)22/h4-5,7-8,13-14,20H,2-3,6,9-10H2,1H3/t13-,14+/m0/s1. The number of β-amino-alcohol motifs (C(OH)–C–C–N with tert-alkyl or cyclic N) is 1. The Hall–Kier alpha value is -1.77. The number of nitro groups is 1. The van der Waals surface area contributed by atoms with Crippen LogP contribution < -0.4 is 0 Å². The SMILES string of the molecule is Cc1ccc([C@H]2CCCN2C[C@H](O)Cn2cc([N+](=O)[O-])cn2)s1. The van der Waals surface area contributed by atoms with Gasteiger partial charge in [0.2, 0.25) is 0 Å². The lowest BCUT2D eigenvalue weighted by Gasteiger charge is -2.26. The highest BCUT2D eigenvalue weighted by atomic mass is 32.1. The monoisotopic (exact) mass is 336 g/mol. The van der Waals surface area contributed by atoms with Crippen molar-refractivity contribution >= 4 is 17.0 Å². The normalized spacial score (nSPS) is 20.0. The maximum atomic E-state index is 10.7. The van der Waals surface area contributed by atoms with Crippen LogP contribution in [0.5, 0.6) is 0 Å². The molecule has 1 aliphatic rings. The molecule has 1 N–H and O–H groups in total. The average Bonchev–Trinajstić information content (AvgIpc) is 3.19. The molecule has 1 aliphatic heterocycles. The molecule has 2 aromatic heterocycles. The Bertz CT molecular complexity index is 684. The Balaban J connectivity index is 1.60. The van der Waals surface area contributed by atoms with Gasteiger partial charge >= 0.3 is 5.69 Å².